The fourth-order valence-electron chi connectivity index (χ4n) is 2.07. The lowest BCUT2D eigenvalue weighted by Gasteiger charge is -2.18. The summed E-state index contributed by atoms with van der Waals surface area (Å²) in [5.74, 6) is 0. The Morgan fingerprint density at radius 3 is 2.52 bits per heavy atom. The van der Waals surface area contributed by atoms with Gasteiger partial charge in [0.15, 0.2) is 0 Å². The fraction of sp³-hybridized carbons (Fsp3) is 0.571. The topological polar surface area (TPSA) is 58.4 Å². The van der Waals surface area contributed by atoms with Crippen LogP contribution in [0.5, 0.6) is 0 Å². The Morgan fingerprint density at radius 2 is 2.00 bits per heavy atom. The Bertz CT molecular complexity index is 466. The number of rotatable bonds is 9. The van der Waals surface area contributed by atoms with Crippen molar-refractivity contribution in [2.45, 2.75) is 26.7 Å². The number of anilines is 1. The van der Waals surface area contributed by atoms with Crippen molar-refractivity contribution < 1.29 is 13.7 Å². The van der Waals surface area contributed by atoms with Crippen molar-refractivity contribution in [2.75, 3.05) is 31.5 Å². The molecule has 1 aromatic carbocycles. The molecule has 0 amide bonds. The number of hydrogen-bond acceptors (Lipinski definition) is 4. The lowest BCUT2D eigenvalue weighted by Crippen LogP contribution is -2.25. The number of nitro groups is 1. The number of nitro benzene ring substituents is 1. The van der Waals surface area contributed by atoms with E-state index in [1.807, 2.05) is 0 Å². The zero-order chi connectivity index (χ0) is 15.8. The molecule has 0 heterocycles. The van der Waals surface area contributed by atoms with Crippen LogP contribution in [-0.4, -0.2) is 36.0 Å². The van der Waals surface area contributed by atoms with Gasteiger partial charge in [0, 0.05) is 29.9 Å². The molecule has 0 saturated carbocycles. The number of halogens is 2. The second-order valence-electron chi connectivity index (χ2n) is 4.64. The maximum Gasteiger partial charge on any atom is 0.270 e. The van der Waals surface area contributed by atoms with Gasteiger partial charge in [-0.25, -0.2) is 8.78 Å². The van der Waals surface area contributed by atoms with Gasteiger partial charge < -0.3 is 10.2 Å². The third-order valence-electron chi connectivity index (χ3n) is 3.34. The molecular weight excluding hydrogens is 280 g/mol. The summed E-state index contributed by atoms with van der Waals surface area (Å²) in [6, 6.07) is 3.51. The molecule has 0 fully saturated rings. The van der Waals surface area contributed by atoms with E-state index in [1.165, 1.54) is 12.1 Å². The lowest BCUT2D eigenvalue weighted by molar-refractivity contribution is -0.385. The molecule has 1 aromatic rings. The average Bonchev–Trinajstić information content (AvgIpc) is 2.47. The molecule has 1 N–H and O–H groups in total. The molecule has 0 unspecified atom stereocenters. The second kappa shape index (κ2) is 8.51. The number of alkyl halides is 2. The van der Waals surface area contributed by atoms with E-state index >= 15 is 0 Å². The first-order valence-corrected chi connectivity index (χ1v) is 7.02. The first-order chi connectivity index (χ1) is 9.99. The smallest absolute Gasteiger partial charge is 0.270 e. The molecule has 0 aromatic heterocycles. The Kier molecular flexibility index (Phi) is 7.01. The van der Waals surface area contributed by atoms with E-state index in [0.29, 0.717) is 6.54 Å². The highest BCUT2D eigenvalue weighted by Gasteiger charge is 2.17. The average molecular weight is 301 g/mol. The van der Waals surface area contributed by atoms with Crippen molar-refractivity contribution in [3.8, 4) is 0 Å². The molecule has 21 heavy (non-hydrogen) atoms. The van der Waals surface area contributed by atoms with Crippen LogP contribution in [0.3, 0.4) is 0 Å². The Balaban J connectivity index is 2.64. The maximum atomic E-state index is 12.9. The largest absolute Gasteiger partial charge is 0.385 e. The number of nitrogens with one attached hydrogen (secondary N) is 1. The minimum atomic E-state index is -2.74. The standard InChI is InChI=1S/C14H21F2N3O2/c1-3-18(4-2)9-5-8-17-13-7-6-11(19(20)21)10-12(13)14(15)16/h6-7,10,14,17H,3-5,8-9H2,1-2H3. The quantitative estimate of drug-likeness (QED) is 0.429. The molecule has 0 aliphatic heterocycles. The van der Waals surface area contributed by atoms with Gasteiger partial charge in [-0.2, -0.15) is 0 Å². The zero-order valence-electron chi connectivity index (χ0n) is 12.3. The van der Waals surface area contributed by atoms with Gasteiger partial charge in [0.1, 0.15) is 0 Å². The third kappa shape index (κ3) is 5.26. The third-order valence-corrected chi connectivity index (χ3v) is 3.34. The van der Waals surface area contributed by atoms with E-state index in [0.717, 1.165) is 32.1 Å². The van der Waals surface area contributed by atoms with Gasteiger partial charge in [-0.05, 0) is 32.1 Å². The minimum Gasteiger partial charge on any atom is -0.385 e. The van der Waals surface area contributed by atoms with Crippen molar-refractivity contribution in [2.24, 2.45) is 0 Å². The molecule has 0 aliphatic rings. The highest BCUT2D eigenvalue weighted by atomic mass is 19.3. The van der Waals surface area contributed by atoms with Crippen LogP contribution in [0.1, 0.15) is 32.3 Å². The lowest BCUT2D eigenvalue weighted by atomic mass is 10.1. The summed E-state index contributed by atoms with van der Waals surface area (Å²) >= 11 is 0. The van der Waals surface area contributed by atoms with Gasteiger partial charge >= 0.3 is 0 Å². The van der Waals surface area contributed by atoms with Crippen LogP contribution in [0.15, 0.2) is 18.2 Å². The SMILES string of the molecule is CCN(CC)CCCNc1ccc([N+](=O)[O-])cc1C(F)F. The second-order valence-corrected chi connectivity index (χ2v) is 4.64. The number of nitrogens with zero attached hydrogens (tertiary/aromatic N) is 2. The summed E-state index contributed by atoms with van der Waals surface area (Å²) in [5, 5.41) is 13.6. The van der Waals surface area contributed by atoms with Crippen molar-refractivity contribution >= 4 is 11.4 Å². The van der Waals surface area contributed by atoms with Crippen LogP contribution >= 0.6 is 0 Å². The highest BCUT2D eigenvalue weighted by Crippen LogP contribution is 2.30. The van der Waals surface area contributed by atoms with Crippen LogP contribution in [-0.2, 0) is 0 Å². The van der Waals surface area contributed by atoms with Gasteiger partial charge in [0.25, 0.3) is 12.1 Å². The number of hydrogen-bond donors (Lipinski definition) is 1. The molecule has 7 heteroatoms. The van der Waals surface area contributed by atoms with Crippen molar-refractivity contribution in [1.29, 1.82) is 0 Å². The first kappa shape index (κ1) is 17.3. The Labute approximate surface area is 123 Å². The number of benzene rings is 1. The van der Waals surface area contributed by atoms with Crippen LogP contribution in [0.25, 0.3) is 0 Å². The van der Waals surface area contributed by atoms with Gasteiger partial charge in [-0.1, -0.05) is 13.8 Å². The molecule has 5 nitrogen and oxygen atoms in total. The molecule has 118 valence electrons. The molecule has 0 spiro atoms. The van der Waals surface area contributed by atoms with Crippen LogP contribution in [0.2, 0.25) is 0 Å². The van der Waals surface area contributed by atoms with Gasteiger partial charge in [-0.15, -0.1) is 0 Å². The van der Waals surface area contributed by atoms with E-state index in [2.05, 4.69) is 24.1 Å². The summed E-state index contributed by atoms with van der Waals surface area (Å²) in [7, 11) is 0. The van der Waals surface area contributed by atoms with E-state index in [-0.39, 0.29) is 16.9 Å². The molecule has 1 rings (SSSR count). The maximum absolute atomic E-state index is 12.9. The monoisotopic (exact) mass is 301 g/mol. The summed E-state index contributed by atoms with van der Waals surface area (Å²) in [6.45, 7) is 7.49. The van der Waals surface area contributed by atoms with Gasteiger partial charge in [0.2, 0.25) is 0 Å². The minimum absolute atomic E-state index is 0.259. The molecule has 0 atom stereocenters. The fourth-order valence-corrected chi connectivity index (χ4v) is 2.07. The molecule has 0 radical (unpaired) electrons. The van der Waals surface area contributed by atoms with Gasteiger partial charge in [-0.3, -0.25) is 10.1 Å². The Morgan fingerprint density at radius 1 is 1.33 bits per heavy atom. The van der Waals surface area contributed by atoms with Crippen LogP contribution in [0.4, 0.5) is 20.2 Å². The predicted octanol–water partition coefficient (Wildman–Crippen LogP) is 3.68. The van der Waals surface area contributed by atoms with E-state index in [9.17, 15) is 18.9 Å². The summed E-state index contributed by atoms with van der Waals surface area (Å²) in [4.78, 5) is 12.2. The first-order valence-electron chi connectivity index (χ1n) is 7.02. The van der Waals surface area contributed by atoms with Crippen molar-refractivity contribution in [3.05, 3.63) is 33.9 Å². The normalized spacial score (nSPS) is 11.1. The molecule has 0 saturated heterocycles. The molecular formula is C14H21F2N3O2. The van der Waals surface area contributed by atoms with Crippen molar-refractivity contribution in [1.82, 2.24) is 4.90 Å². The Hall–Kier alpha value is -1.76. The van der Waals surface area contributed by atoms with E-state index < -0.39 is 11.3 Å². The highest BCUT2D eigenvalue weighted by molar-refractivity contribution is 5.56. The van der Waals surface area contributed by atoms with Crippen molar-refractivity contribution in [3.63, 3.8) is 0 Å². The number of non-ortho nitro benzene ring substituents is 1. The van der Waals surface area contributed by atoms with Gasteiger partial charge in [0.05, 0.1) is 4.92 Å². The zero-order valence-corrected chi connectivity index (χ0v) is 12.3. The predicted molar refractivity (Wildman–Crippen MR) is 78.9 cm³/mol. The summed E-state index contributed by atoms with van der Waals surface area (Å²) < 4.78 is 25.9. The summed E-state index contributed by atoms with van der Waals surface area (Å²) in [6.07, 6.45) is -1.92. The molecule has 0 bridgehead atoms. The molecule has 0 aliphatic carbocycles. The van der Waals surface area contributed by atoms with E-state index in [4.69, 9.17) is 0 Å². The summed E-state index contributed by atoms with van der Waals surface area (Å²) in [5.41, 5.74) is -0.388. The van der Waals surface area contributed by atoms with Crippen LogP contribution < -0.4 is 5.32 Å². The van der Waals surface area contributed by atoms with E-state index in [1.54, 1.807) is 0 Å². The van der Waals surface area contributed by atoms with Crippen LogP contribution in [0, 0.1) is 10.1 Å².